The van der Waals surface area contributed by atoms with Gasteiger partial charge in [-0.3, -0.25) is 0 Å². The molecule has 7 heteroatoms. The van der Waals surface area contributed by atoms with Crippen LogP contribution < -0.4 is 10.5 Å². The molecular weight excluding hydrogens is 308 g/mol. The van der Waals surface area contributed by atoms with Gasteiger partial charge in [0.25, 0.3) is 0 Å². The average molecular weight is 326 g/mol. The Balaban J connectivity index is 2.53. The molecule has 0 aliphatic carbocycles. The molecule has 24 heavy (non-hydrogen) atoms. The summed E-state index contributed by atoms with van der Waals surface area (Å²) in [6.45, 7) is 4.22. The summed E-state index contributed by atoms with van der Waals surface area (Å²) in [4.78, 5) is 20.6. The molecule has 2 aromatic rings. The lowest BCUT2D eigenvalue weighted by molar-refractivity contribution is 0.0521. The van der Waals surface area contributed by atoms with Gasteiger partial charge in [-0.2, -0.15) is 10.2 Å². The number of aromatic nitrogens is 2. The molecule has 0 radical (unpaired) electrons. The molecule has 0 saturated carbocycles. The third kappa shape index (κ3) is 3.79. The van der Waals surface area contributed by atoms with Gasteiger partial charge in [-0.05, 0) is 25.5 Å². The van der Waals surface area contributed by atoms with E-state index in [1.54, 1.807) is 31.2 Å². The predicted molar refractivity (Wildman–Crippen MR) is 88.3 cm³/mol. The number of carbonyl (C=O) groups is 1. The monoisotopic (exact) mass is 326 g/mol. The lowest BCUT2D eigenvalue weighted by Gasteiger charge is -2.12. The molecule has 0 saturated heterocycles. The van der Waals surface area contributed by atoms with Crippen LogP contribution in [0.2, 0.25) is 0 Å². The molecule has 0 fully saturated rings. The summed E-state index contributed by atoms with van der Waals surface area (Å²) in [7, 11) is 0. The molecule has 0 bridgehead atoms. The second-order valence-corrected chi connectivity index (χ2v) is 4.87. The lowest BCUT2D eigenvalue weighted by Crippen LogP contribution is -2.14. The second kappa shape index (κ2) is 7.92. The Kier molecular flexibility index (Phi) is 5.68. The fourth-order valence-corrected chi connectivity index (χ4v) is 2.01. The summed E-state index contributed by atoms with van der Waals surface area (Å²) in [5, 5.41) is 9.01. The number of nitriles is 1. The van der Waals surface area contributed by atoms with Gasteiger partial charge in [0, 0.05) is 5.56 Å². The number of hydrogen-bond donors (Lipinski definition) is 1. The highest BCUT2D eigenvalue weighted by atomic mass is 16.5. The summed E-state index contributed by atoms with van der Waals surface area (Å²) in [5.74, 6) is -0.283. The number of nitrogen functional groups attached to an aromatic ring is 1. The van der Waals surface area contributed by atoms with Crippen molar-refractivity contribution < 1.29 is 14.3 Å². The van der Waals surface area contributed by atoms with Crippen LogP contribution in [0.25, 0.3) is 11.4 Å². The van der Waals surface area contributed by atoms with E-state index in [2.05, 4.69) is 16.0 Å². The van der Waals surface area contributed by atoms with Crippen molar-refractivity contribution in [3.8, 4) is 23.3 Å². The predicted octanol–water partition coefficient (Wildman–Crippen LogP) is 2.56. The van der Waals surface area contributed by atoms with E-state index >= 15 is 0 Å². The fourth-order valence-electron chi connectivity index (χ4n) is 2.01. The molecule has 0 spiro atoms. The van der Waals surface area contributed by atoms with Crippen LogP contribution in [0.15, 0.2) is 24.3 Å². The van der Waals surface area contributed by atoms with E-state index < -0.39 is 5.97 Å². The summed E-state index contributed by atoms with van der Waals surface area (Å²) < 4.78 is 10.5. The normalized spacial score (nSPS) is 10.0. The van der Waals surface area contributed by atoms with Crippen LogP contribution in [-0.2, 0) is 4.74 Å². The maximum atomic E-state index is 12.1. The molecule has 0 unspecified atom stereocenters. The Labute approximate surface area is 140 Å². The summed E-state index contributed by atoms with van der Waals surface area (Å²) >= 11 is 0. The first-order chi connectivity index (χ1) is 11.6. The van der Waals surface area contributed by atoms with Crippen molar-refractivity contribution in [2.75, 3.05) is 18.9 Å². The van der Waals surface area contributed by atoms with Crippen LogP contribution in [0, 0.1) is 11.3 Å². The quantitative estimate of drug-likeness (QED) is 0.812. The Morgan fingerprint density at radius 2 is 2.12 bits per heavy atom. The van der Waals surface area contributed by atoms with Crippen molar-refractivity contribution in [3.63, 3.8) is 0 Å². The van der Waals surface area contributed by atoms with Crippen LogP contribution >= 0.6 is 0 Å². The molecule has 7 nitrogen and oxygen atoms in total. The molecule has 2 N–H and O–H groups in total. The summed E-state index contributed by atoms with van der Waals surface area (Å²) in [6.07, 6.45) is 0.741. The van der Waals surface area contributed by atoms with Crippen LogP contribution in [0.3, 0.4) is 0 Å². The number of hydrogen-bond acceptors (Lipinski definition) is 7. The Bertz CT molecular complexity index is 784. The minimum Gasteiger partial charge on any atom is -0.477 e. The summed E-state index contributed by atoms with van der Waals surface area (Å²) in [5.41, 5.74) is 7.04. The van der Waals surface area contributed by atoms with Gasteiger partial charge in [-0.15, -0.1) is 0 Å². The van der Waals surface area contributed by atoms with Crippen molar-refractivity contribution in [2.24, 2.45) is 0 Å². The second-order valence-electron chi connectivity index (χ2n) is 4.87. The van der Waals surface area contributed by atoms with Gasteiger partial charge >= 0.3 is 5.97 Å². The standard InChI is InChI=1S/C17H18N4O3/c1-3-8-24-16-13(17(22)23-4-2)14(19)20-15(21-16)12-7-5-6-11(9-12)10-18/h5-7,9H,3-4,8H2,1-2H3,(H2,19,20,21). The first-order valence-electron chi connectivity index (χ1n) is 7.58. The van der Waals surface area contributed by atoms with Crippen molar-refractivity contribution in [3.05, 3.63) is 35.4 Å². The summed E-state index contributed by atoms with van der Waals surface area (Å²) in [6, 6.07) is 8.85. The molecule has 0 amide bonds. The molecule has 0 aliphatic heterocycles. The van der Waals surface area contributed by atoms with Gasteiger partial charge in [-0.1, -0.05) is 19.1 Å². The number of ether oxygens (including phenoxy) is 2. The van der Waals surface area contributed by atoms with Crippen LogP contribution in [0.4, 0.5) is 5.82 Å². The van der Waals surface area contributed by atoms with E-state index in [0.29, 0.717) is 17.7 Å². The largest absolute Gasteiger partial charge is 0.477 e. The third-order valence-electron chi connectivity index (χ3n) is 3.08. The average Bonchev–Trinajstić information content (AvgIpc) is 2.59. The zero-order valence-electron chi connectivity index (χ0n) is 13.6. The van der Waals surface area contributed by atoms with Crippen molar-refractivity contribution in [2.45, 2.75) is 20.3 Å². The number of carbonyl (C=O) groups excluding carboxylic acids is 1. The molecule has 1 heterocycles. The lowest BCUT2D eigenvalue weighted by atomic mass is 10.1. The van der Waals surface area contributed by atoms with Crippen LogP contribution in [0.1, 0.15) is 36.2 Å². The molecule has 2 rings (SSSR count). The molecule has 1 aromatic heterocycles. The van der Waals surface area contributed by atoms with E-state index in [1.807, 2.05) is 6.92 Å². The Morgan fingerprint density at radius 3 is 2.79 bits per heavy atom. The molecule has 0 atom stereocenters. The number of nitrogens with zero attached hydrogens (tertiary/aromatic N) is 3. The minimum atomic E-state index is -0.626. The maximum absolute atomic E-state index is 12.1. The van der Waals surface area contributed by atoms with E-state index in [-0.39, 0.29) is 29.7 Å². The van der Waals surface area contributed by atoms with Gasteiger partial charge in [0.2, 0.25) is 5.88 Å². The van der Waals surface area contributed by atoms with E-state index in [0.717, 1.165) is 6.42 Å². The Morgan fingerprint density at radius 1 is 1.33 bits per heavy atom. The third-order valence-corrected chi connectivity index (χ3v) is 3.08. The molecule has 0 aliphatic rings. The molecule has 1 aromatic carbocycles. The van der Waals surface area contributed by atoms with Crippen LogP contribution in [-0.4, -0.2) is 29.2 Å². The molecule has 124 valence electrons. The van der Waals surface area contributed by atoms with Crippen molar-refractivity contribution in [1.82, 2.24) is 9.97 Å². The van der Waals surface area contributed by atoms with Gasteiger partial charge in [0.1, 0.15) is 5.82 Å². The van der Waals surface area contributed by atoms with E-state index in [4.69, 9.17) is 20.5 Å². The van der Waals surface area contributed by atoms with E-state index in [1.165, 1.54) is 0 Å². The number of nitrogens with two attached hydrogens (primary N) is 1. The smallest absolute Gasteiger partial charge is 0.347 e. The molecular formula is C17H18N4O3. The number of benzene rings is 1. The minimum absolute atomic E-state index is 0.0190. The topological polar surface area (TPSA) is 111 Å². The Hall–Kier alpha value is -3.14. The number of esters is 1. The van der Waals surface area contributed by atoms with Crippen molar-refractivity contribution >= 4 is 11.8 Å². The highest BCUT2D eigenvalue weighted by Gasteiger charge is 2.22. The maximum Gasteiger partial charge on any atom is 0.347 e. The zero-order chi connectivity index (χ0) is 17.5. The van der Waals surface area contributed by atoms with Gasteiger partial charge in [0.05, 0.1) is 24.8 Å². The number of anilines is 1. The van der Waals surface area contributed by atoms with E-state index in [9.17, 15) is 4.79 Å². The first-order valence-corrected chi connectivity index (χ1v) is 7.58. The van der Waals surface area contributed by atoms with Gasteiger partial charge in [0.15, 0.2) is 11.4 Å². The first kappa shape index (κ1) is 17.2. The van der Waals surface area contributed by atoms with Crippen LogP contribution in [0.5, 0.6) is 5.88 Å². The highest BCUT2D eigenvalue weighted by Crippen LogP contribution is 2.27. The zero-order valence-corrected chi connectivity index (χ0v) is 13.6. The SMILES string of the molecule is CCCOc1nc(-c2cccc(C#N)c2)nc(N)c1C(=O)OCC. The highest BCUT2D eigenvalue weighted by molar-refractivity contribution is 5.97. The van der Waals surface area contributed by atoms with Crippen molar-refractivity contribution in [1.29, 1.82) is 5.26 Å². The van der Waals surface area contributed by atoms with Gasteiger partial charge < -0.3 is 15.2 Å². The number of rotatable bonds is 6. The van der Waals surface area contributed by atoms with Gasteiger partial charge in [-0.25, -0.2) is 9.78 Å². The fraction of sp³-hybridized carbons (Fsp3) is 0.294.